The molecule has 0 aliphatic carbocycles. The van der Waals surface area contributed by atoms with Gasteiger partial charge in [-0.05, 0) is 38.0 Å². The molecule has 0 radical (unpaired) electrons. The molecular weight excluding hydrogens is 500 g/mol. The van der Waals surface area contributed by atoms with Crippen molar-refractivity contribution >= 4 is 29.9 Å². The lowest BCUT2D eigenvalue weighted by Crippen LogP contribution is -2.56. The van der Waals surface area contributed by atoms with Gasteiger partial charge in [0.1, 0.15) is 6.04 Å². The van der Waals surface area contributed by atoms with E-state index in [1.54, 1.807) is 0 Å². The molecule has 1 unspecified atom stereocenters. The third kappa shape index (κ3) is 6.27. The van der Waals surface area contributed by atoms with E-state index in [4.69, 9.17) is 9.47 Å². The van der Waals surface area contributed by atoms with Gasteiger partial charge < -0.3 is 19.7 Å². The van der Waals surface area contributed by atoms with Crippen LogP contribution in [0.4, 0.5) is 13.2 Å². The first-order valence-corrected chi connectivity index (χ1v) is 9.61. The Morgan fingerprint density at radius 2 is 1.86 bits per heavy atom. The largest absolute Gasteiger partial charge is 0.454 e. The van der Waals surface area contributed by atoms with Gasteiger partial charge in [-0.1, -0.05) is 6.07 Å². The fourth-order valence-corrected chi connectivity index (χ4v) is 3.34. The van der Waals surface area contributed by atoms with Crippen molar-refractivity contribution in [2.24, 2.45) is 4.99 Å². The molecule has 1 aromatic carbocycles. The van der Waals surface area contributed by atoms with Crippen LogP contribution in [0, 0.1) is 0 Å². The lowest BCUT2D eigenvalue weighted by molar-refractivity contribution is -0.181. The van der Waals surface area contributed by atoms with Gasteiger partial charge in [0.15, 0.2) is 17.5 Å². The third-order valence-corrected chi connectivity index (χ3v) is 5.07. The van der Waals surface area contributed by atoms with Crippen molar-refractivity contribution in [3.05, 3.63) is 23.8 Å². The summed E-state index contributed by atoms with van der Waals surface area (Å²) < 4.78 is 49.4. The van der Waals surface area contributed by atoms with E-state index in [2.05, 4.69) is 10.3 Å². The number of rotatable bonds is 5. The Balaban J connectivity index is 0.00000300. The molecule has 0 saturated carbocycles. The molecule has 1 saturated heterocycles. The van der Waals surface area contributed by atoms with Crippen LogP contribution in [0.5, 0.6) is 11.5 Å². The number of aliphatic imine (C=N–C) groups is 1. The fourth-order valence-electron chi connectivity index (χ4n) is 3.34. The van der Waals surface area contributed by atoms with Crippen molar-refractivity contribution in [2.75, 3.05) is 46.1 Å². The van der Waals surface area contributed by atoms with Crippen LogP contribution in [0.25, 0.3) is 0 Å². The molecule has 10 heteroatoms. The molecule has 1 fully saturated rings. The van der Waals surface area contributed by atoms with E-state index >= 15 is 0 Å². The molecular formula is C19H28F3IN4O2. The highest BCUT2D eigenvalue weighted by Crippen LogP contribution is 2.32. The predicted octanol–water partition coefficient (Wildman–Crippen LogP) is 3.11. The number of halogens is 4. The number of hydrogen-bond donors (Lipinski definition) is 1. The number of guanidine groups is 1. The molecule has 29 heavy (non-hydrogen) atoms. The average molecular weight is 528 g/mol. The van der Waals surface area contributed by atoms with Gasteiger partial charge in [0.2, 0.25) is 6.79 Å². The van der Waals surface area contributed by atoms with Crippen molar-refractivity contribution in [2.45, 2.75) is 32.5 Å². The molecule has 2 heterocycles. The zero-order valence-corrected chi connectivity index (χ0v) is 19.0. The van der Waals surface area contributed by atoms with Gasteiger partial charge >= 0.3 is 6.18 Å². The monoisotopic (exact) mass is 528 g/mol. The zero-order valence-electron chi connectivity index (χ0n) is 16.7. The maximum atomic E-state index is 12.9. The second kappa shape index (κ2) is 10.6. The van der Waals surface area contributed by atoms with Crippen LogP contribution in [0.2, 0.25) is 0 Å². The molecule has 0 spiro atoms. The summed E-state index contributed by atoms with van der Waals surface area (Å²) in [4.78, 5) is 8.17. The van der Waals surface area contributed by atoms with E-state index in [-0.39, 0.29) is 30.8 Å². The molecule has 2 aliphatic heterocycles. The normalized spacial score (nSPS) is 18.4. The van der Waals surface area contributed by atoms with Crippen molar-refractivity contribution in [1.82, 2.24) is 15.1 Å². The fraction of sp³-hybridized carbons (Fsp3) is 0.632. The summed E-state index contributed by atoms with van der Waals surface area (Å²) in [6, 6.07) is 4.43. The van der Waals surface area contributed by atoms with Crippen molar-refractivity contribution in [3.63, 3.8) is 0 Å². The topological polar surface area (TPSA) is 49.3 Å². The Kier molecular flexibility index (Phi) is 8.68. The summed E-state index contributed by atoms with van der Waals surface area (Å²) >= 11 is 0. The first kappa shape index (κ1) is 23.8. The summed E-state index contributed by atoms with van der Waals surface area (Å²) in [6.45, 7) is 6.53. The number of nitrogens with zero attached hydrogens (tertiary/aromatic N) is 3. The van der Waals surface area contributed by atoms with Crippen LogP contribution >= 0.6 is 24.0 Å². The summed E-state index contributed by atoms with van der Waals surface area (Å²) in [5, 5.41) is 3.25. The second-order valence-electron chi connectivity index (χ2n) is 6.91. The standard InChI is InChI=1S/C19H27F3N4O2.HI/c1-3-23-18(26-10-8-25(9-11-26)14(2)19(20,21)22)24-7-6-15-4-5-16-17(12-15)28-13-27-16;/h4-5,12,14H,3,6-11,13H2,1-2H3,(H,23,24);1H. The number of nitrogens with one attached hydrogen (secondary N) is 1. The highest BCUT2D eigenvalue weighted by molar-refractivity contribution is 14.0. The van der Waals surface area contributed by atoms with Crippen molar-refractivity contribution < 1.29 is 22.6 Å². The molecule has 1 aromatic rings. The molecule has 1 atom stereocenters. The van der Waals surface area contributed by atoms with Crippen LogP contribution in [-0.4, -0.2) is 74.0 Å². The molecule has 0 bridgehead atoms. The summed E-state index contributed by atoms with van der Waals surface area (Å²) in [7, 11) is 0. The molecule has 0 aromatic heterocycles. The molecule has 6 nitrogen and oxygen atoms in total. The van der Waals surface area contributed by atoms with Crippen molar-refractivity contribution in [3.8, 4) is 11.5 Å². The van der Waals surface area contributed by atoms with E-state index in [1.807, 2.05) is 30.0 Å². The van der Waals surface area contributed by atoms with Gasteiger partial charge in [-0.25, -0.2) is 0 Å². The lowest BCUT2D eigenvalue weighted by Gasteiger charge is -2.39. The molecule has 2 aliphatic rings. The van der Waals surface area contributed by atoms with Crippen LogP contribution in [0.3, 0.4) is 0 Å². The summed E-state index contributed by atoms with van der Waals surface area (Å²) in [6.07, 6.45) is -3.44. The average Bonchev–Trinajstić information content (AvgIpc) is 3.14. The maximum Gasteiger partial charge on any atom is 0.403 e. The molecule has 164 valence electrons. The first-order valence-electron chi connectivity index (χ1n) is 9.61. The lowest BCUT2D eigenvalue weighted by atomic mass is 10.1. The number of alkyl halides is 3. The Hall–Kier alpha value is -1.43. The SMILES string of the molecule is CCNC(=NCCc1ccc2c(c1)OCO2)N1CCN(C(C)C(F)(F)F)CC1.I. The van der Waals surface area contributed by atoms with E-state index in [1.165, 1.54) is 11.8 Å². The highest BCUT2D eigenvalue weighted by atomic mass is 127. The van der Waals surface area contributed by atoms with Crippen molar-refractivity contribution in [1.29, 1.82) is 0 Å². The Labute approximate surface area is 186 Å². The minimum atomic E-state index is -4.19. The Bertz CT molecular complexity index is 695. The Morgan fingerprint density at radius 1 is 1.17 bits per heavy atom. The van der Waals surface area contributed by atoms with Crippen LogP contribution in [0.1, 0.15) is 19.4 Å². The zero-order chi connectivity index (χ0) is 20.1. The number of benzene rings is 1. The first-order chi connectivity index (χ1) is 13.4. The van der Waals surface area contributed by atoms with Crippen LogP contribution in [-0.2, 0) is 6.42 Å². The Morgan fingerprint density at radius 3 is 2.52 bits per heavy atom. The van der Waals surface area contributed by atoms with Gasteiger partial charge in [-0.15, -0.1) is 24.0 Å². The number of ether oxygens (including phenoxy) is 2. The molecule has 1 N–H and O–H groups in total. The summed E-state index contributed by atoms with van der Waals surface area (Å²) in [5.74, 6) is 2.26. The van der Waals surface area contributed by atoms with Crippen LogP contribution in [0.15, 0.2) is 23.2 Å². The van der Waals surface area contributed by atoms with Gasteiger partial charge in [0.05, 0.1) is 0 Å². The number of hydrogen-bond acceptors (Lipinski definition) is 4. The number of fused-ring (bicyclic) bond motifs is 1. The smallest absolute Gasteiger partial charge is 0.403 e. The maximum absolute atomic E-state index is 12.9. The molecule has 0 amide bonds. The predicted molar refractivity (Wildman–Crippen MR) is 116 cm³/mol. The van der Waals surface area contributed by atoms with Gasteiger partial charge in [0.25, 0.3) is 0 Å². The third-order valence-electron chi connectivity index (χ3n) is 5.07. The van der Waals surface area contributed by atoms with Gasteiger partial charge in [-0.2, -0.15) is 13.2 Å². The summed E-state index contributed by atoms with van der Waals surface area (Å²) in [5.41, 5.74) is 1.10. The van der Waals surface area contributed by atoms with E-state index < -0.39 is 12.2 Å². The highest BCUT2D eigenvalue weighted by Gasteiger charge is 2.41. The second-order valence-corrected chi connectivity index (χ2v) is 6.91. The quantitative estimate of drug-likeness (QED) is 0.362. The minimum Gasteiger partial charge on any atom is -0.454 e. The molecule has 3 rings (SSSR count). The van der Waals surface area contributed by atoms with Crippen LogP contribution < -0.4 is 14.8 Å². The van der Waals surface area contributed by atoms with Gasteiger partial charge in [-0.3, -0.25) is 9.89 Å². The van der Waals surface area contributed by atoms with E-state index in [9.17, 15) is 13.2 Å². The van der Waals surface area contributed by atoms with Gasteiger partial charge in [0, 0.05) is 39.3 Å². The minimum absolute atomic E-state index is 0. The number of piperazine rings is 1. The van der Waals surface area contributed by atoms with E-state index in [0.29, 0.717) is 39.3 Å². The van der Waals surface area contributed by atoms with E-state index in [0.717, 1.165) is 29.4 Å².